The van der Waals surface area contributed by atoms with E-state index in [0.29, 0.717) is 19.3 Å². The molecule has 0 atom stereocenters. The SMILES string of the molecule is Cc1cc(C)c(CC(=O)C23CCCCC2(C(=O)O)CCCC3)c(C)c1. The number of aliphatic carboxylic acids is 1. The molecule has 1 aromatic carbocycles. The number of aryl methyl sites for hydroxylation is 3. The number of ketones is 1. The lowest BCUT2D eigenvalue weighted by Crippen LogP contribution is -2.56. The highest BCUT2D eigenvalue weighted by Crippen LogP contribution is 2.60. The Morgan fingerprint density at radius 1 is 0.880 bits per heavy atom. The van der Waals surface area contributed by atoms with Crippen molar-refractivity contribution in [2.24, 2.45) is 10.8 Å². The Balaban J connectivity index is 2.00. The van der Waals surface area contributed by atoms with E-state index in [1.54, 1.807) is 0 Å². The molecule has 0 aliphatic heterocycles. The van der Waals surface area contributed by atoms with Gasteiger partial charge in [-0.1, -0.05) is 43.4 Å². The zero-order chi connectivity index (χ0) is 18.2. The molecule has 0 bridgehead atoms. The molecule has 1 aromatic rings. The molecular formula is C22H30O3. The number of Topliss-reactive ketones (excluding diaryl/α,β-unsaturated/α-hetero) is 1. The number of hydrogen-bond donors (Lipinski definition) is 1. The van der Waals surface area contributed by atoms with Gasteiger partial charge >= 0.3 is 5.97 Å². The molecule has 3 rings (SSSR count). The van der Waals surface area contributed by atoms with Gasteiger partial charge < -0.3 is 5.11 Å². The van der Waals surface area contributed by atoms with Gasteiger partial charge in [0.1, 0.15) is 5.78 Å². The second-order valence-corrected chi connectivity index (χ2v) is 8.36. The summed E-state index contributed by atoms with van der Waals surface area (Å²) in [4.78, 5) is 25.9. The van der Waals surface area contributed by atoms with Gasteiger partial charge in [-0.2, -0.15) is 0 Å². The van der Waals surface area contributed by atoms with Gasteiger partial charge in [0, 0.05) is 11.8 Å². The van der Waals surface area contributed by atoms with E-state index >= 15 is 0 Å². The first-order valence-electron chi connectivity index (χ1n) is 9.66. The summed E-state index contributed by atoms with van der Waals surface area (Å²) in [5, 5.41) is 10.1. The minimum absolute atomic E-state index is 0.171. The fraction of sp³-hybridized carbons (Fsp3) is 0.636. The Bertz CT molecular complexity index is 666. The molecule has 0 amide bonds. The summed E-state index contributed by atoms with van der Waals surface area (Å²) < 4.78 is 0. The average molecular weight is 342 g/mol. The van der Waals surface area contributed by atoms with Gasteiger partial charge in [-0.05, 0) is 63.1 Å². The third-order valence-electron chi connectivity index (χ3n) is 6.95. The second kappa shape index (κ2) is 6.59. The van der Waals surface area contributed by atoms with Crippen molar-refractivity contribution in [2.45, 2.75) is 78.6 Å². The molecule has 0 heterocycles. The molecule has 0 aromatic heterocycles. The molecule has 0 saturated heterocycles. The highest BCUT2D eigenvalue weighted by Gasteiger charge is 2.61. The summed E-state index contributed by atoms with van der Waals surface area (Å²) in [6.07, 6.45) is 7.05. The smallest absolute Gasteiger partial charge is 0.310 e. The van der Waals surface area contributed by atoms with E-state index in [9.17, 15) is 14.7 Å². The summed E-state index contributed by atoms with van der Waals surface area (Å²) in [6.45, 7) is 6.20. The Morgan fingerprint density at radius 2 is 1.32 bits per heavy atom. The van der Waals surface area contributed by atoms with Crippen LogP contribution in [0, 0.1) is 31.6 Å². The normalized spacial score (nSPS) is 29.1. The predicted octanol–water partition coefficient (Wildman–Crippen LogP) is 4.93. The van der Waals surface area contributed by atoms with Crippen LogP contribution < -0.4 is 0 Å². The highest BCUT2D eigenvalue weighted by molar-refractivity contribution is 5.94. The Morgan fingerprint density at radius 3 is 1.76 bits per heavy atom. The molecule has 2 saturated carbocycles. The lowest BCUT2D eigenvalue weighted by Gasteiger charge is -2.53. The number of fused-ring (bicyclic) bond motifs is 1. The molecule has 25 heavy (non-hydrogen) atoms. The van der Waals surface area contributed by atoms with Crippen molar-refractivity contribution in [3.63, 3.8) is 0 Å². The quantitative estimate of drug-likeness (QED) is 0.844. The number of benzene rings is 1. The Labute approximate surface area is 150 Å². The minimum Gasteiger partial charge on any atom is -0.481 e. The van der Waals surface area contributed by atoms with Crippen LogP contribution in [0.3, 0.4) is 0 Å². The summed E-state index contributed by atoms with van der Waals surface area (Å²) in [6, 6.07) is 4.25. The lowest BCUT2D eigenvalue weighted by atomic mass is 9.48. The van der Waals surface area contributed by atoms with Gasteiger partial charge in [-0.15, -0.1) is 0 Å². The van der Waals surface area contributed by atoms with Crippen LogP contribution in [0.15, 0.2) is 12.1 Å². The standard InChI is InChI=1S/C22H30O3/c1-15-12-16(2)18(17(3)13-15)14-19(23)21-8-4-6-10-22(21,20(24)25)11-7-5-9-21/h12-13H,4-11,14H2,1-3H3,(H,24,25). The van der Waals surface area contributed by atoms with Crippen molar-refractivity contribution in [3.05, 3.63) is 34.4 Å². The van der Waals surface area contributed by atoms with Gasteiger partial charge in [-0.3, -0.25) is 9.59 Å². The van der Waals surface area contributed by atoms with Crippen LogP contribution >= 0.6 is 0 Å². The van der Waals surface area contributed by atoms with E-state index in [1.165, 1.54) is 5.56 Å². The van der Waals surface area contributed by atoms with Crippen LogP contribution in [-0.4, -0.2) is 16.9 Å². The van der Waals surface area contributed by atoms with E-state index in [0.717, 1.165) is 55.2 Å². The largest absolute Gasteiger partial charge is 0.481 e. The van der Waals surface area contributed by atoms with Crippen LogP contribution in [-0.2, 0) is 16.0 Å². The summed E-state index contributed by atoms with van der Waals surface area (Å²) in [7, 11) is 0. The van der Waals surface area contributed by atoms with Crippen LogP contribution in [0.25, 0.3) is 0 Å². The van der Waals surface area contributed by atoms with E-state index in [2.05, 4.69) is 32.9 Å². The van der Waals surface area contributed by atoms with Crippen molar-refractivity contribution in [1.82, 2.24) is 0 Å². The Kier molecular flexibility index (Phi) is 4.78. The Hall–Kier alpha value is -1.64. The third-order valence-corrected chi connectivity index (χ3v) is 6.95. The van der Waals surface area contributed by atoms with Gasteiger partial charge in [0.25, 0.3) is 0 Å². The fourth-order valence-electron chi connectivity index (χ4n) is 5.70. The molecule has 3 heteroatoms. The average Bonchev–Trinajstić information content (AvgIpc) is 2.57. The van der Waals surface area contributed by atoms with Crippen LogP contribution in [0.1, 0.15) is 73.6 Å². The first kappa shape index (κ1) is 18.2. The first-order valence-corrected chi connectivity index (χ1v) is 9.66. The zero-order valence-corrected chi connectivity index (χ0v) is 15.8. The maximum absolute atomic E-state index is 13.6. The van der Waals surface area contributed by atoms with Crippen LogP contribution in [0.5, 0.6) is 0 Å². The summed E-state index contributed by atoms with van der Waals surface area (Å²) in [5.41, 5.74) is 3.12. The maximum atomic E-state index is 13.6. The molecule has 0 radical (unpaired) electrons. The van der Waals surface area contributed by atoms with Crippen LogP contribution in [0.4, 0.5) is 0 Å². The monoisotopic (exact) mass is 342 g/mol. The number of carboxylic acid groups (broad SMARTS) is 1. The molecule has 3 nitrogen and oxygen atoms in total. The first-order chi connectivity index (χ1) is 11.8. The summed E-state index contributed by atoms with van der Waals surface area (Å²) >= 11 is 0. The van der Waals surface area contributed by atoms with Gasteiger partial charge in [-0.25, -0.2) is 0 Å². The van der Waals surface area contributed by atoms with Crippen molar-refractivity contribution in [2.75, 3.05) is 0 Å². The van der Waals surface area contributed by atoms with Gasteiger partial charge in [0.05, 0.1) is 5.41 Å². The highest BCUT2D eigenvalue weighted by atomic mass is 16.4. The minimum atomic E-state index is -0.826. The third kappa shape index (κ3) is 2.82. The fourth-order valence-corrected chi connectivity index (χ4v) is 5.70. The number of carbonyl (C=O) groups excluding carboxylic acids is 1. The van der Waals surface area contributed by atoms with Crippen molar-refractivity contribution >= 4 is 11.8 Å². The van der Waals surface area contributed by atoms with Crippen LogP contribution in [0.2, 0.25) is 0 Å². The molecule has 2 aliphatic carbocycles. The number of carboxylic acids is 1. The molecule has 136 valence electrons. The molecule has 2 aliphatic rings. The van der Waals surface area contributed by atoms with E-state index in [4.69, 9.17) is 0 Å². The summed E-state index contributed by atoms with van der Waals surface area (Å²) in [5.74, 6) is -0.568. The second-order valence-electron chi connectivity index (χ2n) is 8.36. The predicted molar refractivity (Wildman–Crippen MR) is 98.8 cm³/mol. The van der Waals surface area contributed by atoms with E-state index in [-0.39, 0.29) is 5.78 Å². The van der Waals surface area contributed by atoms with Crippen molar-refractivity contribution in [1.29, 1.82) is 0 Å². The van der Waals surface area contributed by atoms with Gasteiger partial charge in [0.15, 0.2) is 0 Å². The van der Waals surface area contributed by atoms with Gasteiger partial charge in [0.2, 0.25) is 0 Å². The maximum Gasteiger partial charge on any atom is 0.310 e. The molecule has 0 spiro atoms. The molecular weight excluding hydrogens is 312 g/mol. The van der Waals surface area contributed by atoms with Crippen molar-refractivity contribution < 1.29 is 14.7 Å². The number of rotatable bonds is 4. The van der Waals surface area contributed by atoms with E-state index < -0.39 is 16.8 Å². The molecule has 1 N–H and O–H groups in total. The molecule has 2 fully saturated rings. The zero-order valence-electron chi connectivity index (χ0n) is 15.8. The topological polar surface area (TPSA) is 54.4 Å². The molecule has 0 unspecified atom stereocenters. The lowest BCUT2D eigenvalue weighted by molar-refractivity contribution is -0.175. The number of hydrogen-bond acceptors (Lipinski definition) is 2. The number of carbonyl (C=O) groups is 2. The van der Waals surface area contributed by atoms with Crippen molar-refractivity contribution in [3.8, 4) is 0 Å². The van der Waals surface area contributed by atoms with E-state index in [1.807, 2.05) is 0 Å².